The number of rotatable bonds is 4. The minimum atomic E-state index is -0.0474. The Hall–Kier alpha value is -1.64. The molecule has 1 nitrogen and oxygen atoms in total. The van der Waals surface area contributed by atoms with Crippen LogP contribution in [0.25, 0.3) is 5.57 Å². The number of hydrogen-bond acceptors (Lipinski definition) is 1. The van der Waals surface area contributed by atoms with Crippen LogP contribution in [0.1, 0.15) is 22.8 Å². The molecule has 0 bridgehead atoms. The molecule has 0 fully saturated rings. The standard InChI is InChI=1S/C18H14BrClO/c1-13(19)17(14-5-3-2-4-6-14)11-12-18(21)15-7-9-16(20)10-8-15/h2-12H,1H3/b12-11+,17-13-. The molecule has 0 N–H and O–H groups in total. The van der Waals surface area contributed by atoms with Gasteiger partial charge in [0, 0.05) is 10.6 Å². The molecule has 106 valence electrons. The lowest BCUT2D eigenvalue weighted by atomic mass is 10.0. The van der Waals surface area contributed by atoms with Crippen LogP contribution in [-0.4, -0.2) is 5.78 Å². The van der Waals surface area contributed by atoms with E-state index in [1.807, 2.05) is 43.3 Å². The van der Waals surface area contributed by atoms with Crippen molar-refractivity contribution in [1.82, 2.24) is 0 Å². The van der Waals surface area contributed by atoms with Crippen LogP contribution in [0.4, 0.5) is 0 Å². The number of hydrogen-bond donors (Lipinski definition) is 0. The molecule has 0 unspecified atom stereocenters. The second kappa shape index (κ2) is 7.39. The zero-order valence-electron chi connectivity index (χ0n) is 11.5. The number of halogens is 2. The van der Waals surface area contributed by atoms with E-state index in [1.165, 1.54) is 0 Å². The third kappa shape index (κ3) is 4.42. The van der Waals surface area contributed by atoms with Gasteiger partial charge >= 0.3 is 0 Å². The van der Waals surface area contributed by atoms with Gasteiger partial charge in [0.05, 0.1) is 0 Å². The molecule has 0 spiro atoms. The minimum absolute atomic E-state index is 0.0474. The van der Waals surface area contributed by atoms with Crippen LogP contribution >= 0.6 is 27.5 Å². The van der Waals surface area contributed by atoms with Gasteiger partial charge in [-0.25, -0.2) is 0 Å². The first kappa shape index (κ1) is 15.7. The van der Waals surface area contributed by atoms with Crippen LogP contribution in [0.15, 0.2) is 71.2 Å². The lowest BCUT2D eigenvalue weighted by molar-refractivity contribution is 0.104. The number of carbonyl (C=O) groups is 1. The van der Waals surface area contributed by atoms with Crippen molar-refractivity contribution in [2.75, 3.05) is 0 Å². The molecule has 2 aromatic carbocycles. The molecule has 0 aliphatic rings. The van der Waals surface area contributed by atoms with Gasteiger partial charge in [-0.15, -0.1) is 0 Å². The van der Waals surface area contributed by atoms with Crippen molar-refractivity contribution in [2.24, 2.45) is 0 Å². The molecule has 21 heavy (non-hydrogen) atoms. The molecule has 0 radical (unpaired) electrons. The predicted octanol–water partition coefficient (Wildman–Crippen LogP) is 5.91. The second-order valence-electron chi connectivity index (χ2n) is 4.52. The number of benzene rings is 2. The Balaban J connectivity index is 2.24. The Morgan fingerprint density at radius 3 is 2.14 bits per heavy atom. The first-order valence-corrected chi connectivity index (χ1v) is 7.65. The first-order valence-electron chi connectivity index (χ1n) is 6.47. The fourth-order valence-electron chi connectivity index (χ4n) is 1.90. The fraction of sp³-hybridized carbons (Fsp3) is 0.0556. The SMILES string of the molecule is C/C(Br)=C(\C=C\C(=O)c1ccc(Cl)cc1)c1ccccc1. The summed E-state index contributed by atoms with van der Waals surface area (Å²) in [5, 5.41) is 0.622. The summed E-state index contributed by atoms with van der Waals surface area (Å²) in [4.78, 5) is 12.1. The van der Waals surface area contributed by atoms with E-state index in [1.54, 1.807) is 30.3 Å². The molecule has 0 saturated heterocycles. The summed E-state index contributed by atoms with van der Waals surface area (Å²) >= 11 is 9.32. The van der Waals surface area contributed by atoms with Crippen LogP contribution < -0.4 is 0 Å². The van der Waals surface area contributed by atoms with Gasteiger partial charge in [-0.2, -0.15) is 0 Å². The maximum absolute atomic E-state index is 12.1. The molecule has 2 aromatic rings. The van der Waals surface area contributed by atoms with Crippen LogP contribution in [0.2, 0.25) is 5.02 Å². The Labute approximate surface area is 138 Å². The third-order valence-electron chi connectivity index (χ3n) is 2.99. The zero-order chi connectivity index (χ0) is 15.2. The molecule has 3 heteroatoms. The highest BCUT2D eigenvalue weighted by Gasteiger charge is 2.04. The highest BCUT2D eigenvalue weighted by molar-refractivity contribution is 9.11. The van der Waals surface area contributed by atoms with Gasteiger partial charge in [-0.3, -0.25) is 4.79 Å². The molecule has 0 saturated carbocycles. The van der Waals surface area contributed by atoms with Gasteiger partial charge in [0.1, 0.15) is 0 Å². The van der Waals surface area contributed by atoms with Gasteiger partial charge < -0.3 is 0 Å². The van der Waals surface area contributed by atoms with Gasteiger partial charge in [0.2, 0.25) is 0 Å². The topological polar surface area (TPSA) is 17.1 Å². The summed E-state index contributed by atoms with van der Waals surface area (Å²) in [5.41, 5.74) is 2.67. The van der Waals surface area contributed by atoms with Gasteiger partial charge in [0.25, 0.3) is 0 Å². The van der Waals surface area contributed by atoms with Gasteiger partial charge in [-0.1, -0.05) is 57.9 Å². The highest BCUT2D eigenvalue weighted by Crippen LogP contribution is 2.24. The first-order chi connectivity index (χ1) is 10.1. The second-order valence-corrected chi connectivity index (χ2v) is 6.14. The normalized spacial score (nSPS) is 12.3. The summed E-state index contributed by atoms with van der Waals surface area (Å²) in [5.74, 6) is -0.0474. The Morgan fingerprint density at radius 2 is 1.57 bits per heavy atom. The van der Waals surface area contributed by atoms with E-state index in [2.05, 4.69) is 15.9 Å². The van der Waals surface area contributed by atoms with Crippen molar-refractivity contribution in [3.05, 3.63) is 87.4 Å². The van der Waals surface area contributed by atoms with Gasteiger partial charge in [-0.05, 0) is 59.0 Å². The van der Waals surface area contributed by atoms with Crippen LogP contribution in [0.5, 0.6) is 0 Å². The van der Waals surface area contributed by atoms with E-state index < -0.39 is 0 Å². The van der Waals surface area contributed by atoms with E-state index in [0.29, 0.717) is 10.6 Å². The molecule has 0 amide bonds. The average molecular weight is 362 g/mol. The molecular formula is C18H14BrClO. The molecule has 0 atom stereocenters. The summed E-state index contributed by atoms with van der Waals surface area (Å²) in [6, 6.07) is 16.8. The maximum atomic E-state index is 12.1. The fourth-order valence-corrected chi connectivity index (χ4v) is 2.38. The largest absolute Gasteiger partial charge is 0.289 e. The molecule has 0 aromatic heterocycles. The summed E-state index contributed by atoms with van der Waals surface area (Å²) < 4.78 is 0.980. The molecule has 0 heterocycles. The number of allylic oxidation sites excluding steroid dienone is 4. The van der Waals surface area contributed by atoms with Crippen molar-refractivity contribution in [3.8, 4) is 0 Å². The average Bonchev–Trinajstić information content (AvgIpc) is 2.48. The van der Waals surface area contributed by atoms with E-state index in [4.69, 9.17) is 11.6 Å². The van der Waals surface area contributed by atoms with Crippen molar-refractivity contribution < 1.29 is 4.79 Å². The summed E-state index contributed by atoms with van der Waals surface area (Å²) in [6.45, 7) is 1.96. The van der Waals surface area contributed by atoms with Gasteiger partial charge in [0.15, 0.2) is 5.78 Å². The van der Waals surface area contributed by atoms with E-state index in [0.717, 1.165) is 15.6 Å². The smallest absolute Gasteiger partial charge is 0.185 e. The molecule has 2 rings (SSSR count). The van der Waals surface area contributed by atoms with E-state index >= 15 is 0 Å². The Bertz CT molecular complexity index is 681. The lowest BCUT2D eigenvalue weighted by Gasteiger charge is -2.04. The van der Waals surface area contributed by atoms with Crippen molar-refractivity contribution >= 4 is 38.9 Å². The lowest BCUT2D eigenvalue weighted by Crippen LogP contribution is -1.94. The molecular weight excluding hydrogens is 348 g/mol. The Morgan fingerprint density at radius 1 is 0.952 bits per heavy atom. The zero-order valence-corrected chi connectivity index (χ0v) is 13.9. The quantitative estimate of drug-likeness (QED) is 0.376. The van der Waals surface area contributed by atoms with Crippen LogP contribution in [0.3, 0.4) is 0 Å². The number of ketones is 1. The van der Waals surface area contributed by atoms with Crippen molar-refractivity contribution in [3.63, 3.8) is 0 Å². The molecule has 0 aliphatic carbocycles. The molecule has 0 aliphatic heterocycles. The highest BCUT2D eigenvalue weighted by atomic mass is 79.9. The van der Waals surface area contributed by atoms with Crippen molar-refractivity contribution in [1.29, 1.82) is 0 Å². The van der Waals surface area contributed by atoms with E-state index in [-0.39, 0.29) is 5.78 Å². The monoisotopic (exact) mass is 360 g/mol. The third-order valence-corrected chi connectivity index (χ3v) is 3.67. The van der Waals surface area contributed by atoms with E-state index in [9.17, 15) is 4.79 Å². The Kier molecular flexibility index (Phi) is 5.54. The van der Waals surface area contributed by atoms with Crippen molar-refractivity contribution in [2.45, 2.75) is 6.92 Å². The summed E-state index contributed by atoms with van der Waals surface area (Å²) in [6.07, 6.45) is 3.41. The predicted molar refractivity (Wildman–Crippen MR) is 92.9 cm³/mol. The summed E-state index contributed by atoms with van der Waals surface area (Å²) in [7, 11) is 0. The minimum Gasteiger partial charge on any atom is -0.289 e. The maximum Gasteiger partial charge on any atom is 0.185 e. The van der Waals surface area contributed by atoms with Crippen LogP contribution in [-0.2, 0) is 0 Å². The van der Waals surface area contributed by atoms with Crippen LogP contribution in [0, 0.1) is 0 Å². The number of carbonyl (C=O) groups excluding carboxylic acids is 1.